The maximum atomic E-state index is 11.0. The maximum Gasteiger partial charge on any atom is 0.335 e. The zero-order valence-corrected chi connectivity index (χ0v) is 12.0. The van der Waals surface area contributed by atoms with Gasteiger partial charge in [-0.25, -0.2) is 9.78 Å². The van der Waals surface area contributed by atoms with E-state index in [0.717, 1.165) is 19.3 Å². The van der Waals surface area contributed by atoms with Gasteiger partial charge in [0, 0.05) is 4.88 Å². The molecule has 4 nitrogen and oxygen atoms in total. The summed E-state index contributed by atoms with van der Waals surface area (Å²) in [5.41, 5.74) is 2.82. The number of benzene rings is 1. The van der Waals surface area contributed by atoms with Crippen LogP contribution >= 0.6 is 11.3 Å². The van der Waals surface area contributed by atoms with Gasteiger partial charge in [-0.15, -0.1) is 11.3 Å². The molecule has 0 spiro atoms. The summed E-state index contributed by atoms with van der Waals surface area (Å²) in [5.74, 6) is -0.0493. The number of fused-ring (bicyclic) bond motifs is 2. The number of aromatic nitrogens is 1. The highest BCUT2D eigenvalue weighted by Gasteiger charge is 2.27. The van der Waals surface area contributed by atoms with E-state index in [2.05, 4.69) is 16.4 Å². The first-order valence-electron chi connectivity index (χ1n) is 6.92. The molecule has 4 rings (SSSR count). The Morgan fingerprint density at radius 2 is 2.29 bits per heavy atom. The van der Waals surface area contributed by atoms with Crippen molar-refractivity contribution in [1.29, 1.82) is 0 Å². The Kier molecular flexibility index (Phi) is 2.82. The first-order chi connectivity index (χ1) is 10.2. The zero-order chi connectivity index (χ0) is 14.4. The molecule has 106 valence electrons. The summed E-state index contributed by atoms with van der Waals surface area (Å²) >= 11 is 1.79. The van der Waals surface area contributed by atoms with Crippen LogP contribution in [0.2, 0.25) is 0 Å². The van der Waals surface area contributed by atoms with E-state index >= 15 is 0 Å². The van der Waals surface area contributed by atoms with Gasteiger partial charge < -0.3 is 9.52 Å². The molecule has 3 aromatic rings. The highest BCUT2D eigenvalue weighted by atomic mass is 32.1. The van der Waals surface area contributed by atoms with Crippen LogP contribution in [-0.2, 0) is 6.42 Å². The fourth-order valence-electron chi connectivity index (χ4n) is 2.97. The molecule has 0 fully saturated rings. The standard InChI is InChI=1S/C16H13NO3S/c18-16(19)9-4-5-13-12(8-9)17-15(20-13)11-2-1-3-14-10(11)6-7-21-14/h4-8,11H,1-3H2,(H,18,19). The average Bonchev–Trinajstić information content (AvgIpc) is 3.12. The highest BCUT2D eigenvalue weighted by Crippen LogP contribution is 2.39. The molecular weight excluding hydrogens is 286 g/mol. The average molecular weight is 299 g/mol. The van der Waals surface area contributed by atoms with E-state index in [1.54, 1.807) is 29.5 Å². The van der Waals surface area contributed by atoms with Gasteiger partial charge in [0.15, 0.2) is 5.58 Å². The van der Waals surface area contributed by atoms with E-state index in [1.807, 2.05) is 0 Å². The molecular formula is C16H13NO3S. The lowest BCUT2D eigenvalue weighted by Gasteiger charge is -2.19. The Morgan fingerprint density at radius 3 is 3.14 bits per heavy atom. The van der Waals surface area contributed by atoms with Gasteiger partial charge in [0.25, 0.3) is 0 Å². The zero-order valence-electron chi connectivity index (χ0n) is 11.2. The van der Waals surface area contributed by atoms with Crippen molar-refractivity contribution in [3.63, 3.8) is 0 Å². The lowest BCUT2D eigenvalue weighted by atomic mass is 9.88. The van der Waals surface area contributed by atoms with Crippen molar-refractivity contribution in [2.75, 3.05) is 0 Å². The molecule has 2 aromatic heterocycles. The molecule has 0 bridgehead atoms. The predicted molar refractivity (Wildman–Crippen MR) is 80.1 cm³/mol. The number of hydrogen-bond acceptors (Lipinski definition) is 4. The van der Waals surface area contributed by atoms with Gasteiger partial charge in [0.2, 0.25) is 5.89 Å². The predicted octanol–water partition coefficient (Wildman–Crippen LogP) is 4.06. The van der Waals surface area contributed by atoms with Crippen molar-refractivity contribution in [3.8, 4) is 0 Å². The van der Waals surface area contributed by atoms with E-state index in [1.165, 1.54) is 10.4 Å². The molecule has 1 aliphatic rings. The number of nitrogens with zero attached hydrogens (tertiary/aromatic N) is 1. The topological polar surface area (TPSA) is 63.3 Å². The number of aryl methyl sites for hydroxylation is 1. The number of aromatic carboxylic acids is 1. The molecule has 1 aliphatic carbocycles. The molecule has 1 aromatic carbocycles. The fourth-order valence-corrected chi connectivity index (χ4v) is 3.96. The van der Waals surface area contributed by atoms with Crippen LogP contribution in [0.3, 0.4) is 0 Å². The molecule has 0 saturated carbocycles. The Hall–Kier alpha value is -2.14. The third-order valence-corrected chi connectivity index (χ3v) is 5.00. The summed E-state index contributed by atoms with van der Waals surface area (Å²) < 4.78 is 5.87. The van der Waals surface area contributed by atoms with Gasteiger partial charge in [0.05, 0.1) is 11.5 Å². The van der Waals surface area contributed by atoms with Gasteiger partial charge in [0.1, 0.15) is 5.52 Å². The molecule has 0 radical (unpaired) electrons. The van der Waals surface area contributed by atoms with Gasteiger partial charge in [-0.1, -0.05) is 0 Å². The summed E-state index contributed by atoms with van der Waals surface area (Å²) in [6, 6.07) is 6.96. The van der Waals surface area contributed by atoms with Crippen molar-refractivity contribution >= 4 is 28.4 Å². The van der Waals surface area contributed by atoms with Gasteiger partial charge in [-0.2, -0.15) is 0 Å². The summed E-state index contributed by atoms with van der Waals surface area (Å²) in [7, 11) is 0. The molecule has 0 amide bonds. The first-order valence-corrected chi connectivity index (χ1v) is 7.80. The largest absolute Gasteiger partial charge is 0.478 e. The number of thiophene rings is 1. The molecule has 1 atom stereocenters. The molecule has 21 heavy (non-hydrogen) atoms. The van der Waals surface area contributed by atoms with Crippen LogP contribution in [0.5, 0.6) is 0 Å². The van der Waals surface area contributed by atoms with E-state index in [0.29, 0.717) is 17.0 Å². The van der Waals surface area contributed by atoms with Crippen molar-refractivity contribution in [1.82, 2.24) is 4.98 Å². The van der Waals surface area contributed by atoms with Crippen LogP contribution in [-0.4, -0.2) is 16.1 Å². The van der Waals surface area contributed by atoms with Gasteiger partial charge in [-0.3, -0.25) is 0 Å². The first kappa shape index (κ1) is 12.6. The van der Waals surface area contributed by atoms with Crippen LogP contribution < -0.4 is 0 Å². The van der Waals surface area contributed by atoms with Crippen molar-refractivity contribution in [2.24, 2.45) is 0 Å². The summed E-state index contributed by atoms with van der Waals surface area (Å²) in [6.07, 6.45) is 3.30. The van der Waals surface area contributed by atoms with Crippen molar-refractivity contribution in [2.45, 2.75) is 25.2 Å². The van der Waals surface area contributed by atoms with Crippen LogP contribution in [0.1, 0.15) is 45.4 Å². The minimum Gasteiger partial charge on any atom is -0.478 e. The van der Waals surface area contributed by atoms with E-state index in [-0.39, 0.29) is 11.5 Å². The molecule has 5 heteroatoms. The van der Waals surface area contributed by atoms with E-state index < -0.39 is 5.97 Å². The summed E-state index contributed by atoms with van der Waals surface area (Å²) in [6.45, 7) is 0. The SMILES string of the molecule is O=C(O)c1ccc2oc(C3CCCc4sccc43)nc2c1. The van der Waals surface area contributed by atoms with Crippen LogP contribution in [0.25, 0.3) is 11.1 Å². The number of rotatable bonds is 2. The Morgan fingerprint density at radius 1 is 1.38 bits per heavy atom. The minimum atomic E-state index is -0.945. The van der Waals surface area contributed by atoms with E-state index in [9.17, 15) is 4.79 Å². The third kappa shape index (κ3) is 2.05. The molecule has 0 saturated heterocycles. The number of carbonyl (C=O) groups is 1. The van der Waals surface area contributed by atoms with Crippen LogP contribution in [0.4, 0.5) is 0 Å². The summed E-state index contributed by atoms with van der Waals surface area (Å²) in [5, 5.41) is 11.2. The second kappa shape index (κ2) is 4.70. The number of carboxylic acids is 1. The lowest BCUT2D eigenvalue weighted by molar-refractivity contribution is 0.0697. The fraction of sp³-hybridized carbons (Fsp3) is 0.250. The van der Waals surface area contributed by atoms with Crippen molar-refractivity contribution in [3.05, 3.63) is 51.5 Å². The Labute approximate surface area is 125 Å². The Balaban J connectivity index is 1.80. The lowest BCUT2D eigenvalue weighted by Crippen LogP contribution is -2.08. The smallest absolute Gasteiger partial charge is 0.335 e. The molecule has 2 heterocycles. The van der Waals surface area contributed by atoms with Gasteiger partial charge in [-0.05, 0) is 54.5 Å². The number of oxazole rings is 1. The monoisotopic (exact) mass is 299 g/mol. The minimum absolute atomic E-state index is 0.195. The molecule has 0 aliphatic heterocycles. The number of carboxylic acid groups (broad SMARTS) is 1. The quantitative estimate of drug-likeness (QED) is 0.775. The summed E-state index contributed by atoms with van der Waals surface area (Å²) in [4.78, 5) is 17.0. The van der Waals surface area contributed by atoms with Crippen LogP contribution in [0, 0.1) is 0 Å². The van der Waals surface area contributed by atoms with Crippen LogP contribution in [0.15, 0.2) is 34.1 Å². The highest BCUT2D eigenvalue weighted by molar-refractivity contribution is 7.10. The normalized spacial score (nSPS) is 17.8. The molecule has 1 unspecified atom stereocenters. The second-order valence-corrected chi connectivity index (χ2v) is 6.28. The number of hydrogen-bond donors (Lipinski definition) is 1. The second-order valence-electron chi connectivity index (χ2n) is 5.28. The van der Waals surface area contributed by atoms with E-state index in [4.69, 9.17) is 9.52 Å². The molecule has 1 N–H and O–H groups in total. The van der Waals surface area contributed by atoms with Crippen molar-refractivity contribution < 1.29 is 14.3 Å². The third-order valence-electron chi connectivity index (χ3n) is 4.00. The Bertz CT molecular complexity index is 833. The maximum absolute atomic E-state index is 11.0. The van der Waals surface area contributed by atoms with Gasteiger partial charge >= 0.3 is 5.97 Å².